The first-order chi connectivity index (χ1) is 11.6. The molecule has 1 saturated heterocycles. The maximum atomic E-state index is 13.3. The molecular formula is C19H23FN4O. The average Bonchev–Trinajstić information content (AvgIpc) is 3.21. The first kappa shape index (κ1) is 17.2. The summed E-state index contributed by atoms with van der Waals surface area (Å²) in [4.78, 5) is 16.4. The molecular weight excluding hydrogens is 319 g/mol. The van der Waals surface area contributed by atoms with Gasteiger partial charge in [-0.05, 0) is 31.0 Å². The van der Waals surface area contributed by atoms with Crippen molar-refractivity contribution in [2.75, 3.05) is 13.1 Å². The molecule has 1 aliphatic heterocycles. The molecule has 0 aliphatic carbocycles. The average molecular weight is 342 g/mol. The van der Waals surface area contributed by atoms with Crippen molar-refractivity contribution in [2.24, 2.45) is 0 Å². The zero-order valence-electron chi connectivity index (χ0n) is 13.5. The Kier molecular flexibility index (Phi) is 4.61. The monoisotopic (exact) mass is 342 g/mol. The Morgan fingerprint density at radius 3 is 2.80 bits per heavy atom. The van der Waals surface area contributed by atoms with Crippen LogP contribution in [0.3, 0.4) is 0 Å². The lowest BCUT2D eigenvalue weighted by Gasteiger charge is -2.31. The van der Waals surface area contributed by atoms with Crippen molar-refractivity contribution in [3.05, 3.63) is 42.6 Å². The third-order valence-corrected chi connectivity index (χ3v) is 4.84. The minimum Gasteiger partial charge on any atom is -0.360 e. The van der Waals surface area contributed by atoms with Gasteiger partial charge >= 0.3 is 0 Å². The van der Waals surface area contributed by atoms with Gasteiger partial charge in [-0.3, -0.25) is 9.48 Å². The molecule has 0 saturated carbocycles. The maximum Gasteiger partial charge on any atom is 0.219 e. The number of benzene rings is 1. The van der Waals surface area contributed by atoms with Crippen molar-refractivity contribution in [3.8, 4) is 11.1 Å². The highest BCUT2D eigenvalue weighted by Crippen LogP contribution is 2.30. The van der Waals surface area contributed by atoms with Gasteiger partial charge in [-0.1, -0.05) is 7.43 Å². The number of aromatic nitrogens is 3. The summed E-state index contributed by atoms with van der Waals surface area (Å²) < 4.78 is 15.3. The zero-order valence-corrected chi connectivity index (χ0v) is 13.5. The normalized spacial score (nSPS) is 15.4. The number of halogens is 1. The van der Waals surface area contributed by atoms with E-state index >= 15 is 0 Å². The van der Waals surface area contributed by atoms with Crippen LogP contribution in [0.15, 0.2) is 36.8 Å². The highest BCUT2D eigenvalue weighted by Gasteiger charge is 2.22. The lowest BCUT2D eigenvalue weighted by molar-refractivity contribution is -0.130. The molecule has 5 nitrogen and oxygen atoms in total. The van der Waals surface area contributed by atoms with Crippen molar-refractivity contribution in [1.82, 2.24) is 19.7 Å². The number of likely N-dealkylation sites (tertiary alicyclic amines) is 1. The number of carbonyl (C=O) groups is 1. The molecule has 0 spiro atoms. The van der Waals surface area contributed by atoms with Crippen LogP contribution in [0.4, 0.5) is 4.39 Å². The molecule has 1 aromatic carbocycles. The molecule has 0 atom stereocenters. The van der Waals surface area contributed by atoms with Crippen LogP contribution in [0.5, 0.6) is 0 Å². The lowest BCUT2D eigenvalue weighted by atomic mass is 10.0. The molecule has 0 bridgehead atoms. The third kappa shape index (κ3) is 3.16. The molecule has 3 heterocycles. The van der Waals surface area contributed by atoms with Gasteiger partial charge in [0.05, 0.1) is 12.2 Å². The summed E-state index contributed by atoms with van der Waals surface area (Å²) in [6, 6.07) is 5.08. The van der Waals surface area contributed by atoms with E-state index in [1.807, 2.05) is 28.2 Å². The summed E-state index contributed by atoms with van der Waals surface area (Å²) in [5, 5.41) is 5.50. The van der Waals surface area contributed by atoms with Crippen LogP contribution in [0, 0.1) is 5.82 Å². The van der Waals surface area contributed by atoms with Gasteiger partial charge in [0.15, 0.2) is 0 Å². The smallest absolute Gasteiger partial charge is 0.219 e. The van der Waals surface area contributed by atoms with Crippen LogP contribution >= 0.6 is 0 Å². The van der Waals surface area contributed by atoms with E-state index in [4.69, 9.17) is 0 Å². The quantitative estimate of drug-likeness (QED) is 0.765. The maximum absolute atomic E-state index is 13.3. The summed E-state index contributed by atoms with van der Waals surface area (Å²) in [5.74, 6) is -0.107. The Bertz CT molecular complexity index is 890. The van der Waals surface area contributed by atoms with E-state index in [-0.39, 0.29) is 19.2 Å². The van der Waals surface area contributed by atoms with Crippen molar-refractivity contribution >= 4 is 16.8 Å². The number of nitrogens with one attached hydrogen (secondary N) is 1. The van der Waals surface area contributed by atoms with Crippen LogP contribution < -0.4 is 0 Å². The van der Waals surface area contributed by atoms with Gasteiger partial charge in [-0.25, -0.2) is 4.39 Å². The molecule has 25 heavy (non-hydrogen) atoms. The van der Waals surface area contributed by atoms with E-state index in [1.54, 1.807) is 13.0 Å². The topological polar surface area (TPSA) is 53.9 Å². The molecule has 0 unspecified atom stereocenters. The standard InChI is InChI=1S/C18H19FN4O.CH4/c1-12(24)22-6-4-15(5-7-22)23-11-13(9-21-23)17-10-20-18-8-14(19)2-3-16(17)18;/h2-3,8-11,15,20H,4-7H2,1H3;1H4. The minimum atomic E-state index is -0.246. The van der Waals surface area contributed by atoms with Gasteiger partial charge in [-0.2, -0.15) is 5.10 Å². The molecule has 6 heteroatoms. The van der Waals surface area contributed by atoms with Gasteiger partial charge < -0.3 is 9.88 Å². The molecule has 4 rings (SSSR count). The number of rotatable bonds is 2. The van der Waals surface area contributed by atoms with Gasteiger partial charge in [0.2, 0.25) is 5.91 Å². The lowest BCUT2D eigenvalue weighted by Crippen LogP contribution is -2.37. The van der Waals surface area contributed by atoms with Gasteiger partial charge in [0.25, 0.3) is 0 Å². The number of piperidine rings is 1. The number of carbonyl (C=O) groups excluding carboxylic acids is 1. The molecule has 1 aliphatic rings. The van der Waals surface area contributed by atoms with Gasteiger partial charge in [0.1, 0.15) is 5.82 Å². The van der Waals surface area contributed by atoms with Crippen molar-refractivity contribution in [2.45, 2.75) is 33.2 Å². The van der Waals surface area contributed by atoms with E-state index in [0.717, 1.165) is 48.0 Å². The number of H-pyrrole nitrogens is 1. The SMILES string of the molecule is C.CC(=O)N1CCC(n2cc(-c3c[nH]c4cc(F)ccc34)cn2)CC1. The predicted octanol–water partition coefficient (Wildman–Crippen LogP) is 3.99. The van der Waals surface area contributed by atoms with E-state index in [2.05, 4.69) is 10.1 Å². The summed E-state index contributed by atoms with van der Waals surface area (Å²) in [5.41, 5.74) is 2.83. The number of hydrogen-bond acceptors (Lipinski definition) is 2. The van der Waals surface area contributed by atoms with E-state index in [9.17, 15) is 9.18 Å². The minimum absolute atomic E-state index is 0. The Morgan fingerprint density at radius 2 is 2.08 bits per heavy atom. The number of aromatic amines is 1. The summed E-state index contributed by atoms with van der Waals surface area (Å²) >= 11 is 0. The molecule has 1 amide bonds. The van der Waals surface area contributed by atoms with Crippen molar-refractivity contribution < 1.29 is 9.18 Å². The zero-order chi connectivity index (χ0) is 16.7. The summed E-state index contributed by atoms with van der Waals surface area (Å²) in [6.45, 7) is 3.18. The molecule has 0 radical (unpaired) electrons. The fourth-order valence-electron chi connectivity index (χ4n) is 3.46. The van der Waals surface area contributed by atoms with Crippen molar-refractivity contribution in [1.29, 1.82) is 0 Å². The van der Waals surface area contributed by atoms with Crippen LogP contribution in [-0.2, 0) is 4.79 Å². The fraction of sp³-hybridized carbons (Fsp3) is 0.368. The second kappa shape index (κ2) is 6.70. The number of fused-ring (bicyclic) bond motifs is 1. The Hall–Kier alpha value is -2.63. The Labute approximate surface area is 146 Å². The van der Waals surface area contributed by atoms with Gasteiger partial charge in [0, 0.05) is 54.4 Å². The highest BCUT2D eigenvalue weighted by molar-refractivity contribution is 5.95. The van der Waals surface area contributed by atoms with Crippen LogP contribution in [0.2, 0.25) is 0 Å². The van der Waals surface area contributed by atoms with E-state index in [0.29, 0.717) is 6.04 Å². The summed E-state index contributed by atoms with van der Waals surface area (Å²) in [6.07, 6.45) is 7.62. The Morgan fingerprint density at radius 1 is 1.32 bits per heavy atom. The van der Waals surface area contributed by atoms with Gasteiger partial charge in [-0.15, -0.1) is 0 Å². The number of hydrogen-bond donors (Lipinski definition) is 1. The largest absolute Gasteiger partial charge is 0.360 e. The molecule has 2 aromatic heterocycles. The Balaban J connectivity index is 0.00000182. The second-order valence-corrected chi connectivity index (χ2v) is 6.34. The first-order valence-electron chi connectivity index (χ1n) is 8.18. The predicted molar refractivity (Wildman–Crippen MR) is 96.7 cm³/mol. The molecule has 3 aromatic rings. The first-order valence-corrected chi connectivity index (χ1v) is 8.18. The number of amides is 1. The molecule has 1 fully saturated rings. The molecule has 132 valence electrons. The number of nitrogens with zero attached hydrogens (tertiary/aromatic N) is 3. The highest BCUT2D eigenvalue weighted by atomic mass is 19.1. The van der Waals surface area contributed by atoms with Crippen LogP contribution in [-0.4, -0.2) is 38.7 Å². The van der Waals surface area contributed by atoms with E-state index in [1.165, 1.54) is 12.1 Å². The van der Waals surface area contributed by atoms with E-state index < -0.39 is 0 Å². The second-order valence-electron chi connectivity index (χ2n) is 6.34. The fourth-order valence-corrected chi connectivity index (χ4v) is 3.46. The summed E-state index contributed by atoms with van der Waals surface area (Å²) in [7, 11) is 0. The van der Waals surface area contributed by atoms with Crippen LogP contribution in [0.1, 0.15) is 33.2 Å². The van der Waals surface area contributed by atoms with Crippen molar-refractivity contribution in [3.63, 3.8) is 0 Å². The third-order valence-electron chi connectivity index (χ3n) is 4.84. The molecule has 1 N–H and O–H groups in total. The van der Waals surface area contributed by atoms with Crippen LogP contribution in [0.25, 0.3) is 22.0 Å².